The van der Waals surface area contributed by atoms with Gasteiger partial charge < -0.3 is 14.2 Å². The number of rotatable bonds is 2. The quantitative estimate of drug-likeness (QED) is 0.787. The topological polar surface area (TPSA) is 44.8 Å². The molecule has 5 heteroatoms. The Labute approximate surface area is 123 Å². The van der Waals surface area contributed by atoms with Gasteiger partial charge >= 0.3 is 0 Å². The average Bonchev–Trinajstić information content (AvgIpc) is 2.73. The van der Waals surface area contributed by atoms with Gasteiger partial charge in [-0.05, 0) is 19.4 Å². The van der Waals surface area contributed by atoms with Crippen LogP contribution in [0.15, 0.2) is 12.1 Å². The Kier molecular flexibility index (Phi) is 3.85. The molecule has 1 aromatic rings. The van der Waals surface area contributed by atoms with Crippen molar-refractivity contribution < 1.29 is 19.0 Å². The first-order valence-electron chi connectivity index (χ1n) is 6.90. The Hall–Kier alpha value is -1.26. The normalized spacial score (nSPS) is 25.3. The Morgan fingerprint density at radius 2 is 1.95 bits per heavy atom. The fraction of sp³-hybridized carbons (Fsp3) is 0.533. The van der Waals surface area contributed by atoms with E-state index in [0.29, 0.717) is 41.9 Å². The van der Waals surface area contributed by atoms with Crippen molar-refractivity contribution in [1.29, 1.82) is 0 Å². The number of carbonyl (C=O) groups excluding carboxylic acids is 1. The molecule has 0 aromatic heterocycles. The lowest BCUT2D eigenvalue weighted by molar-refractivity contribution is 0.0877. The number of ether oxygens (including phenoxy) is 3. The molecule has 3 rings (SSSR count). The van der Waals surface area contributed by atoms with E-state index in [9.17, 15) is 4.79 Å². The van der Waals surface area contributed by atoms with Crippen LogP contribution < -0.4 is 9.47 Å². The molecule has 2 heterocycles. The van der Waals surface area contributed by atoms with E-state index in [0.717, 1.165) is 12.8 Å². The molecule has 108 valence electrons. The van der Waals surface area contributed by atoms with Crippen LogP contribution in [0.2, 0.25) is 5.02 Å². The van der Waals surface area contributed by atoms with Crippen molar-refractivity contribution in [2.24, 2.45) is 5.92 Å². The summed E-state index contributed by atoms with van der Waals surface area (Å²) in [5, 5.41) is 0.416. The van der Waals surface area contributed by atoms with Crippen molar-refractivity contribution in [3.8, 4) is 11.5 Å². The zero-order chi connectivity index (χ0) is 14.1. The summed E-state index contributed by atoms with van der Waals surface area (Å²) >= 11 is 6.23. The molecule has 0 radical (unpaired) electrons. The highest BCUT2D eigenvalue weighted by molar-refractivity contribution is 6.34. The highest BCUT2D eigenvalue weighted by atomic mass is 35.5. The van der Waals surface area contributed by atoms with Crippen molar-refractivity contribution in [2.75, 3.05) is 19.8 Å². The zero-order valence-electron chi connectivity index (χ0n) is 11.4. The van der Waals surface area contributed by atoms with Crippen molar-refractivity contribution in [2.45, 2.75) is 25.9 Å². The van der Waals surface area contributed by atoms with E-state index in [2.05, 4.69) is 0 Å². The molecular formula is C15H17ClO4. The van der Waals surface area contributed by atoms with E-state index >= 15 is 0 Å². The Morgan fingerprint density at radius 3 is 2.60 bits per heavy atom. The van der Waals surface area contributed by atoms with Crippen LogP contribution in [-0.2, 0) is 4.74 Å². The highest BCUT2D eigenvalue weighted by Crippen LogP contribution is 2.37. The summed E-state index contributed by atoms with van der Waals surface area (Å²) < 4.78 is 16.6. The zero-order valence-corrected chi connectivity index (χ0v) is 12.1. The number of Topliss-reactive ketones (excluding diaryl/α,β-unsaturated/α-hetero) is 1. The Morgan fingerprint density at radius 1 is 1.25 bits per heavy atom. The minimum atomic E-state index is -0.118. The van der Waals surface area contributed by atoms with Crippen LogP contribution in [-0.4, -0.2) is 31.7 Å². The van der Waals surface area contributed by atoms with Crippen LogP contribution in [0.1, 0.15) is 30.1 Å². The van der Waals surface area contributed by atoms with Gasteiger partial charge in [-0.25, -0.2) is 0 Å². The third kappa shape index (κ3) is 2.63. The Balaban J connectivity index is 1.89. The summed E-state index contributed by atoms with van der Waals surface area (Å²) in [6, 6.07) is 3.38. The molecule has 20 heavy (non-hydrogen) atoms. The van der Waals surface area contributed by atoms with E-state index in [-0.39, 0.29) is 17.8 Å². The SMILES string of the molecule is CC1CC(C(=O)c2cc3c(cc2Cl)OCCCO3)CO1. The Bertz CT molecular complexity index is 529. The third-order valence-electron chi connectivity index (χ3n) is 3.67. The summed E-state index contributed by atoms with van der Waals surface area (Å²) in [6.07, 6.45) is 1.69. The summed E-state index contributed by atoms with van der Waals surface area (Å²) in [4.78, 5) is 12.5. The van der Waals surface area contributed by atoms with Crippen molar-refractivity contribution in [3.05, 3.63) is 22.7 Å². The number of carbonyl (C=O) groups is 1. The number of hydrogen-bond acceptors (Lipinski definition) is 4. The average molecular weight is 297 g/mol. The monoisotopic (exact) mass is 296 g/mol. The lowest BCUT2D eigenvalue weighted by Gasteiger charge is -2.13. The predicted octanol–water partition coefficient (Wildman–Crippen LogP) is 3.11. The standard InChI is InChI=1S/C15H17ClO4/c1-9-5-10(8-20-9)15(17)11-6-13-14(7-12(11)16)19-4-2-3-18-13/h6-7,9-10H,2-5,8H2,1H3. The molecular weight excluding hydrogens is 280 g/mol. The fourth-order valence-corrected chi connectivity index (χ4v) is 2.84. The first kappa shape index (κ1) is 13.7. The second-order valence-electron chi connectivity index (χ2n) is 5.27. The molecule has 0 spiro atoms. The molecule has 2 unspecified atom stereocenters. The van der Waals surface area contributed by atoms with Gasteiger partial charge in [-0.1, -0.05) is 11.6 Å². The van der Waals surface area contributed by atoms with Crippen LogP contribution in [0.25, 0.3) is 0 Å². The molecule has 2 aliphatic heterocycles. The minimum absolute atomic E-state index is 0.0231. The van der Waals surface area contributed by atoms with E-state index in [1.54, 1.807) is 12.1 Å². The summed E-state index contributed by atoms with van der Waals surface area (Å²) in [5.41, 5.74) is 0.499. The smallest absolute Gasteiger partial charge is 0.169 e. The maximum Gasteiger partial charge on any atom is 0.169 e. The predicted molar refractivity (Wildman–Crippen MR) is 74.9 cm³/mol. The molecule has 4 nitrogen and oxygen atoms in total. The second-order valence-corrected chi connectivity index (χ2v) is 5.68. The van der Waals surface area contributed by atoms with Crippen molar-refractivity contribution in [1.82, 2.24) is 0 Å². The van der Waals surface area contributed by atoms with Gasteiger partial charge in [0, 0.05) is 24.0 Å². The first-order valence-corrected chi connectivity index (χ1v) is 7.28. The second kappa shape index (κ2) is 5.62. The molecule has 0 saturated carbocycles. The highest BCUT2D eigenvalue weighted by Gasteiger charge is 2.31. The minimum Gasteiger partial charge on any atom is -0.490 e. The maximum atomic E-state index is 12.5. The first-order chi connectivity index (χ1) is 9.65. The summed E-state index contributed by atoms with van der Waals surface area (Å²) in [6.45, 7) is 3.63. The van der Waals surface area contributed by atoms with Crippen LogP contribution in [0.5, 0.6) is 11.5 Å². The van der Waals surface area contributed by atoms with Crippen molar-refractivity contribution >= 4 is 17.4 Å². The van der Waals surface area contributed by atoms with Gasteiger partial charge in [-0.3, -0.25) is 4.79 Å². The summed E-state index contributed by atoms with van der Waals surface area (Å²) in [7, 11) is 0. The van der Waals surface area contributed by atoms with Crippen LogP contribution >= 0.6 is 11.6 Å². The van der Waals surface area contributed by atoms with E-state index in [4.69, 9.17) is 25.8 Å². The van der Waals surface area contributed by atoms with Crippen molar-refractivity contribution in [3.63, 3.8) is 0 Å². The summed E-state index contributed by atoms with van der Waals surface area (Å²) in [5.74, 6) is 1.12. The van der Waals surface area contributed by atoms with Gasteiger partial charge in [0.2, 0.25) is 0 Å². The van der Waals surface area contributed by atoms with Crippen LogP contribution in [0.3, 0.4) is 0 Å². The molecule has 2 atom stereocenters. The van der Waals surface area contributed by atoms with Gasteiger partial charge in [0.05, 0.1) is 30.9 Å². The van der Waals surface area contributed by atoms with Crippen LogP contribution in [0, 0.1) is 5.92 Å². The molecule has 0 aliphatic carbocycles. The van der Waals surface area contributed by atoms with Gasteiger partial charge in [-0.2, -0.15) is 0 Å². The molecule has 0 N–H and O–H groups in total. The maximum absolute atomic E-state index is 12.5. The molecule has 1 aromatic carbocycles. The van der Waals surface area contributed by atoms with E-state index < -0.39 is 0 Å². The number of halogens is 1. The van der Waals surface area contributed by atoms with E-state index in [1.807, 2.05) is 6.92 Å². The molecule has 2 aliphatic rings. The van der Waals surface area contributed by atoms with Crippen LogP contribution in [0.4, 0.5) is 0 Å². The van der Waals surface area contributed by atoms with Gasteiger partial charge in [0.25, 0.3) is 0 Å². The number of hydrogen-bond donors (Lipinski definition) is 0. The van der Waals surface area contributed by atoms with Gasteiger partial charge in [0.1, 0.15) is 0 Å². The number of ketones is 1. The molecule has 0 bridgehead atoms. The number of benzene rings is 1. The molecule has 1 fully saturated rings. The molecule has 0 amide bonds. The lowest BCUT2D eigenvalue weighted by Crippen LogP contribution is -2.15. The largest absolute Gasteiger partial charge is 0.490 e. The molecule has 1 saturated heterocycles. The van der Waals surface area contributed by atoms with E-state index in [1.165, 1.54) is 0 Å². The fourth-order valence-electron chi connectivity index (χ4n) is 2.59. The van der Waals surface area contributed by atoms with Gasteiger partial charge in [0.15, 0.2) is 17.3 Å². The lowest BCUT2D eigenvalue weighted by atomic mass is 9.95. The number of fused-ring (bicyclic) bond motifs is 1. The van der Waals surface area contributed by atoms with Gasteiger partial charge in [-0.15, -0.1) is 0 Å². The third-order valence-corrected chi connectivity index (χ3v) is 3.98.